The Morgan fingerprint density at radius 3 is 2.30 bits per heavy atom. The van der Waals surface area contributed by atoms with Crippen LogP contribution in [-0.2, 0) is 10.1 Å². The maximum absolute atomic E-state index is 12.1. The summed E-state index contributed by atoms with van der Waals surface area (Å²) < 4.78 is 29.1. The van der Waals surface area contributed by atoms with Crippen molar-refractivity contribution >= 4 is 28.0 Å². The number of aldehydes is 1. The fourth-order valence-electron chi connectivity index (χ4n) is 1.53. The van der Waals surface area contributed by atoms with Crippen LogP contribution < -0.4 is 4.18 Å². The van der Waals surface area contributed by atoms with Crippen LogP contribution in [0.15, 0.2) is 47.4 Å². The standard InChI is InChI=1S/C14H11ClO4S/c1-10-2-5-12(6-3-10)20(17,18)19-14-7-4-11(9-16)8-13(14)15/h2-9H,1H3. The lowest BCUT2D eigenvalue weighted by Gasteiger charge is -2.09. The van der Waals surface area contributed by atoms with Gasteiger partial charge in [0.2, 0.25) is 0 Å². The lowest BCUT2D eigenvalue weighted by Crippen LogP contribution is -2.10. The van der Waals surface area contributed by atoms with Crippen LogP contribution in [0.1, 0.15) is 15.9 Å². The Labute approximate surface area is 122 Å². The molecule has 0 amide bonds. The summed E-state index contributed by atoms with van der Waals surface area (Å²) in [5.74, 6) is -0.0159. The van der Waals surface area contributed by atoms with Crippen molar-refractivity contribution in [3.05, 3.63) is 58.6 Å². The first kappa shape index (κ1) is 14.6. The van der Waals surface area contributed by atoms with E-state index in [0.717, 1.165) is 5.56 Å². The predicted octanol–water partition coefficient (Wildman–Crippen LogP) is 3.23. The van der Waals surface area contributed by atoms with Crippen molar-refractivity contribution in [3.63, 3.8) is 0 Å². The molecule has 0 N–H and O–H groups in total. The van der Waals surface area contributed by atoms with Crippen molar-refractivity contribution < 1.29 is 17.4 Å². The summed E-state index contributed by atoms with van der Waals surface area (Å²) >= 11 is 5.88. The Morgan fingerprint density at radius 2 is 1.75 bits per heavy atom. The SMILES string of the molecule is Cc1ccc(S(=O)(=O)Oc2ccc(C=O)cc2Cl)cc1. The van der Waals surface area contributed by atoms with Gasteiger partial charge in [0, 0.05) is 5.56 Å². The molecular weight excluding hydrogens is 300 g/mol. The summed E-state index contributed by atoms with van der Waals surface area (Å²) in [5, 5.41) is 0.0605. The lowest BCUT2D eigenvalue weighted by atomic mass is 10.2. The second-order valence-corrected chi connectivity index (χ2v) is 6.11. The zero-order chi connectivity index (χ0) is 14.8. The topological polar surface area (TPSA) is 60.4 Å². The monoisotopic (exact) mass is 310 g/mol. The highest BCUT2D eigenvalue weighted by molar-refractivity contribution is 7.87. The first-order valence-electron chi connectivity index (χ1n) is 5.68. The van der Waals surface area contributed by atoms with Crippen LogP contribution in [-0.4, -0.2) is 14.7 Å². The minimum absolute atomic E-state index is 0.0159. The van der Waals surface area contributed by atoms with Crippen molar-refractivity contribution in [1.82, 2.24) is 0 Å². The highest BCUT2D eigenvalue weighted by Gasteiger charge is 2.18. The fourth-order valence-corrected chi connectivity index (χ4v) is 2.75. The van der Waals surface area contributed by atoms with E-state index in [-0.39, 0.29) is 15.7 Å². The first-order valence-corrected chi connectivity index (χ1v) is 7.47. The molecule has 0 saturated heterocycles. The van der Waals surface area contributed by atoms with E-state index >= 15 is 0 Å². The van der Waals surface area contributed by atoms with Gasteiger partial charge in [-0.3, -0.25) is 4.79 Å². The molecule has 0 radical (unpaired) electrons. The second-order valence-electron chi connectivity index (χ2n) is 4.16. The smallest absolute Gasteiger partial charge is 0.339 e. The summed E-state index contributed by atoms with van der Waals surface area (Å²) in [7, 11) is -3.94. The van der Waals surface area contributed by atoms with E-state index in [1.807, 2.05) is 6.92 Å². The minimum atomic E-state index is -3.94. The third-order valence-corrected chi connectivity index (χ3v) is 4.15. The molecule has 104 valence electrons. The molecule has 20 heavy (non-hydrogen) atoms. The fraction of sp³-hybridized carbons (Fsp3) is 0.0714. The van der Waals surface area contributed by atoms with Crippen LogP contribution in [0.4, 0.5) is 0 Å². The third-order valence-electron chi connectivity index (χ3n) is 2.60. The quantitative estimate of drug-likeness (QED) is 0.642. The van der Waals surface area contributed by atoms with E-state index in [1.54, 1.807) is 12.1 Å². The summed E-state index contributed by atoms with van der Waals surface area (Å²) in [6.07, 6.45) is 0.615. The number of hydrogen-bond donors (Lipinski definition) is 0. The maximum Gasteiger partial charge on any atom is 0.339 e. The summed E-state index contributed by atoms with van der Waals surface area (Å²) in [5.41, 5.74) is 1.28. The van der Waals surface area contributed by atoms with Gasteiger partial charge in [-0.05, 0) is 37.3 Å². The number of carbonyl (C=O) groups is 1. The number of halogens is 1. The number of benzene rings is 2. The molecule has 0 fully saturated rings. The van der Waals surface area contributed by atoms with E-state index in [2.05, 4.69) is 0 Å². The van der Waals surface area contributed by atoms with Gasteiger partial charge in [0.25, 0.3) is 0 Å². The van der Waals surface area contributed by atoms with Gasteiger partial charge < -0.3 is 4.18 Å². The van der Waals surface area contributed by atoms with Crippen LogP contribution in [0, 0.1) is 6.92 Å². The van der Waals surface area contributed by atoms with Gasteiger partial charge in [-0.15, -0.1) is 0 Å². The number of carbonyl (C=O) groups excluding carboxylic acids is 1. The molecule has 2 aromatic rings. The average Bonchev–Trinajstić information content (AvgIpc) is 2.41. The molecule has 0 spiro atoms. The zero-order valence-corrected chi connectivity index (χ0v) is 12.1. The first-order chi connectivity index (χ1) is 9.42. The van der Waals surface area contributed by atoms with Gasteiger partial charge in [0.15, 0.2) is 5.75 Å². The van der Waals surface area contributed by atoms with Gasteiger partial charge in [0.1, 0.15) is 11.2 Å². The van der Waals surface area contributed by atoms with Crippen molar-refractivity contribution in [3.8, 4) is 5.75 Å². The van der Waals surface area contributed by atoms with E-state index in [9.17, 15) is 13.2 Å². The van der Waals surface area contributed by atoms with Crippen LogP contribution in [0.5, 0.6) is 5.75 Å². The van der Waals surface area contributed by atoms with Crippen molar-refractivity contribution in [1.29, 1.82) is 0 Å². The van der Waals surface area contributed by atoms with Crippen LogP contribution in [0.25, 0.3) is 0 Å². The Morgan fingerprint density at radius 1 is 1.10 bits per heavy atom. The molecule has 0 unspecified atom stereocenters. The van der Waals surface area contributed by atoms with Crippen LogP contribution in [0.2, 0.25) is 5.02 Å². The number of hydrogen-bond acceptors (Lipinski definition) is 4. The third kappa shape index (κ3) is 3.18. The van der Waals surface area contributed by atoms with E-state index in [1.165, 1.54) is 30.3 Å². The van der Waals surface area contributed by atoms with Crippen molar-refractivity contribution in [2.24, 2.45) is 0 Å². The molecule has 0 heterocycles. The average molecular weight is 311 g/mol. The maximum atomic E-state index is 12.1. The van der Waals surface area contributed by atoms with E-state index in [4.69, 9.17) is 15.8 Å². The van der Waals surface area contributed by atoms with Gasteiger partial charge in [-0.25, -0.2) is 0 Å². The highest BCUT2D eigenvalue weighted by atomic mass is 35.5. The molecule has 0 saturated carbocycles. The molecule has 6 heteroatoms. The molecule has 2 rings (SSSR count). The largest absolute Gasteiger partial charge is 0.377 e. The predicted molar refractivity (Wildman–Crippen MR) is 75.8 cm³/mol. The summed E-state index contributed by atoms with van der Waals surface area (Å²) in [6.45, 7) is 1.85. The van der Waals surface area contributed by atoms with E-state index in [0.29, 0.717) is 11.8 Å². The van der Waals surface area contributed by atoms with Gasteiger partial charge >= 0.3 is 10.1 Å². The summed E-state index contributed by atoms with van der Waals surface area (Å²) in [6, 6.07) is 10.4. The molecule has 0 aromatic heterocycles. The second kappa shape index (κ2) is 5.64. The van der Waals surface area contributed by atoms with E-state index < -0.39 is 10.1 Å². The van der Waals surface area contributed by atoms with Gasteiger partial charge in [-0.1, -0.05) is 29.3 Å². The molecule has 4 nitrogen and oxygen atoms in total. The Balaban J connectivity index is 2.33. The Bertz CT molecular complexity index is 736. The molecule has 0 aliphatic carbocycles. The van der Waals surface area contributed by atoms with Crippen molar-refractivity contribution in [2.75, 3.05) is 0 Å². The highest BCUT2D eigenvalue weighted by Crippen LogP contribution is 2.28. The molecule has 0 aliphatic heterocycles. The number of aryl methyl sites for hydroxylation is 1. The molecule has 0 aliphatic rings. The summed E-state index contributed by atoms with van der Waals surface area (Å²) in [4.78, 5) is 10.6. The van der Waals surface area contributed by atoms with Crippen molar-refractivity contribution in [2.45, 2.75) is 11.8 Å². The normalized spacial score (nSPS) is 11.1. The Hall–Kier alpha value is -1.85. The number of rotatable bonds is 4. The van der Waals surface area contributed by atoms with Gasteiger partial charge in [0.05, 0.1) is 5.02 Å². The molecule has 0 bridgehead atoms. The molecule has 0 atom stereocenters. The van der Waals surface area contributed by atoms with Crippen LogP contribution >= 0.6 is 11.6 Å². The van der Waals surface area contributed by atoms with Crippen LogP contribution in [0.3, 0.4) is 0 Å². The molecular formula is C14H11ClO4S. The minimum Gasteiger partial charge on any atom is -0.377 e. The van der Waals surface area contributed by atoms with Gasteiger partial charge in [-0.2, -0.15) is 8.42 Å². The lowest BCUT2D eigenvalue weighted by molar-refractivity contribution is 0.112. The zero-order valence-electron chi connectivity index (χ0n) is 10.5. The Kier molecular flexibility index (Phi) is 4.11. The molecule has 2 aromatic carbocycles.